The van der Waals surface area contributed by atoms with E-state index < -0.39 is 4.92 Å². The van der Waals surface area contributed by atoms with Gasteiger partial charge in [-0.3, -0.25) is 10.1 Å². The summed E-state index contributed by atoms with van der Waals surface area (Å²) in [5.41, 5.74) is -0.259. The second-order valence-electron chi connectivity index (χ2n) is 3.60. The highest BCUT2D eigenvalue weighted by atomic mass is 35.5. The lowest BCUT2D eigenvalue weighted by Crippen LogP contribution is -1.97. The first kappa shape index (κ1) is 15.6. The molecule has 0 unspecified atom stereocenters. The molecule has 1 heterocycles. The van der Waals surface area contributed by atoms with Gasteiger partial charge < -0.3 is 9.47 Å². The van der Waals surface area contributed by atoms with Crippen molar-refractivity contribution in [3.05, 3.63) is 43.8 Å². The number of nitro benzene ring substituents is 1. The number of hydrogen-bond acceptors (Lipinski definition) is 6. The highest BCUT2D eigenvalue weighted by molar-refractivity contribution is 6.37. The lowest BCUT2D eigenvalue weighted by molar-refractivity contribution is -0.384. The smallest absolute Gasteiger partial charge is 0.272 e. The first-order valence-corrected chi connectivity index (χ1v) is 6.43. The predicted molar refractivity (Wildman–Crippen MR) is 76.8 cm³/mol. The maximum Gasteiger partial charge on any atom is 0.272 e. The summed E-state index contributed by atoms with van der Waals surface area (Å²) in [6.45, 7) is 0. The van der Waals surface area contributed by atoms with Gasteiger partial charge in [0.25, 0.3) is 11.6 Å². The van der Waals surface area contributed by atoms with E-state index >= 15 is 0 Å². The number of aromatic nitrogens is 2. The molecule has 21 heavy (non-hydrogen) atoms. The fraction of sp³-hybridized carbons (Fsp3) is 0.0909. The third-order valence-corrected chi connectivity index (χ3v) is 3.16. The minimum Gasteiger partial charge on any atom is -0.489 e. The number of nitro groups is 1. The molecule has 7 nitrogen and oxygen atoms in total. The van der Waals surface area contributed by atoms with E-state index in [1.54, 1.807) is 0 Å². The van der Waals surface area contributed by atoms with Gasteiger partial charge in [-0.05, 0) is 0 Å². The summed E-state index contributed by atoms with van der Waals surface area (Å²) < 4.78 is 10.4. The summed E-state index contributed by atoms with van der Waals surface area (Å²) in [5.74, 6) is 0.0665. The molecular weight excluding hydrogens is 344 g/mol. The Kier molecular flexibility index (Phi) is 4.66. The molecule has 0 aliphatic carbocycles. The molecule has 2 rings (SSSR count). The van der Waals surface area contributed by atoms with Crippen LogP contribution in [0.1, 0.15) is 0 Å². The lowest BCUT2D eigenvalue weighted by Gasteiger charge is -2.11. The molecule has 0 N–H and O–H groups in total. The molecule has 0 amide bonds. The van der Waals surface area contributed by atoms with E-state index in [1.807, 2.05) is 0 Å². The summed E-state index contributed by atoms with van der Waals surface area (Å²) in [4.78, 5) is 17.7. The zero-order valence-corrected chi connectivity index (χ0v) is 12.6. The van der Waals surface area contributed by atoms with E-state index in [1.165, 1.54) is 7.11 Å². The number of non-ortho nitro benzene ring substituents is 1. The Morgan fingerprint density at radius 2 is 1.76 bits per heavy atom. The number of rotatable bonds is 4. The van der Waals surface area contributed by atoms with E-state index in [4.69, 9.17) is 44.3 Å². The molecule has 10 heteroatoms. The van der Waals surface area contributed by atoms with Crippen LogP contribution in [0.4, 0.5) is 5.69 Å². The number of nitrogens with zero attached hydrogens (tertiary/aromatic N) is 3. The Bertz CT molecular complexity index is 688. The normalized spacial score (nSPS) is 10.3. The van der Waals surface area contributed by atoms with Gasteiger partial charge >= 0.3 is 0 Å². The summed E-state index contributed by atoms with van der Waals surface area (Å²) in [7, 11) is 1.36. The number of methoxy groups -OCH3 is 1. The van der Waals surface area contributed by atoms with Gasteiger partial charge in [-0.15, -0.1) is 0 Å². The fourth-order valence-corrected chi connectivity index (χ4v) is 2.18. The topological polar surface area (TPSA) is 87.4 Å². The van der Waals surface area contributed by atoms with Crippen LogP contribution in [-0.4, -0.2) is 22.0 Å². The van der Waals surface area contributed by atoms with Crippen molar-refractivity contribution in [2.45, 2.75) is 0 Å². The van der Waals surface area contributed by atoms with Crippen molar-refractivity contribution in [1.82, 2.24) is 9.97 Å². The van der Waals surface area contributed by atoms with Crippen molar-refractivity contribution >= 4 is 40.5 Å². The Morgan fingerprint density at radius 1 is 1.14 bits per heavy atom. The molecule has 0 fully saturated rings. The van der Waals surface area contributed by atoms with Crippen molar-refractivity contribution in [2.24, 2.45) is 0 Å². The molecule has 0 atom stereocenters. The van der Waals surface area contributed by atoms with Crippen molar-refractivity contribution < 1.29 is 14.4 Å². The van der Waals surface area contributed by atoms with Gasteiger partial charge in [0.15, 0.2) is 10.9 Å². The first-order chi connectivity index (χ1) is 9.93. The van der Waals surface area contributed by atoms with Crippen LogP contribution in [0, 0.1) is 10.1 Å². The van der Waals surface area contributed by atoms with Crippen LogP contribution in [0.25, 0.3) is 0 Å². The maximum absolute atomic E-state index is 10.7. The number of benzene rings is 1. The van der Waals surface area contributed by atoms with Crippen LogP contribution in [0.2, 0.25) is 15.2 Å². The Hall–Kier alpha value is -1.83. The number of halogens is 3. The average Bonchev–Trinajstić information content (AvgIpc) is 2.42. The molecule has 0 saturated carbocycles. The Balaban J connectivity index is 2.45. The predicted octanol–water partition coefficient (Wildman–Crippen LogP) is 4.15. The summed E-state index contributed by atoms with van der Waals surface area (Å²) >= 11 is 17.7. The highest BCUT2D eigenvalue weighted by Gasteiger charge is 2.19. The second-order valence-corrected chi connectivity index (χ2v) is 4.77. The van der Waals surface area contributed by atoms with Crippen molar-refractivity contribution in [1.29, 1.82) is 0 Å². The van der Waals surface area contributed by atoms with Gasteiger partial charge in [0.05, 0.1) is 22.1 Å². The van der Waals surface area contributed by atoms with Gasteiger partial charge in [-0.25, -0.2) is 4.98 Å². The molecule has 0 spiro atoms. The quantitative estimate of drug-likeness (QED) is 0.468. The van der Waals surface area contributed by atoms with Crippen LogP contribution < -0.4 is 9.47 Å². The van der Waals surface area contributed by atoms with Crippen LogP contribution in [0.5, 0.6) is 17.4 Å². The van der Waals surface area contributed by atoms with Crippen LogP contribution >= 0.6 is 34.8 Å². The fourth-order valence-electron chi connectivity index (χ4n) is 1.43. The van der Waals surface area contributed by atoms with Gasteiger partial charge in [0.1, 0.15) is 6.33 Å². The molecule has 0 saturated heterocycles. The Labute approximate surface area is 133 Å². The standard InChI is InChI=1S/C11H6Cl3N3O4/c1-20-9-10(14)15-4-16-11(9)21-8-6(12)2-5(17(18)19)3-7(8)13/h2-4H,1H3. The molecule has 0 aliphatic rings. The minimum absolute atomic E-state index is 0.00278. The monoisotopic (exact) mass is 349 g/mol. The van der Waals surface area contributed by atoms with Gasteiger partial charge in [0.2, 0.25) is 5.75 Å². The van der Waals surface area contributed by atoms with E-state index in [0.29, 0.717) is 0 Å². The zero-order chi connectivity index (χ0) is 15.6. The lowest BCUT2D eigenvalue weighted by atomic mass is 10.3. The van der Waals surface area contributed by atoms with Crippen molar-refractivity contribution in [2.75, 3.05) is 7.11 Å². The SMILES string of the molecule is COc1c(Cl)ncnc1Oc1c(Cl)cc([N+](=O)[O-])cc1Cl. The van der Waals surface area contributed by atoms with Gasteiger partial charge in [0, 0.05) is 12.1 Å². The molecule has 0 bridgehead atoms. The third kappa shape index (κ3) is 3.26. The molecule has 2 aromatic rings. The number of hydrogen-bond donors (Lipinski definition) is 0. The molecule has 0 radical (unpaired) electrons. The number of ether oxygens (including phenoxy) is 2. The molecule has 1 aromatic carbocycles. The third-order valence-electron chi connectivity index (χ3n) is 2.32. The largest absolute Gasteiger partial charge is 0.489 e. The van der Waals surface area contributed by atoms with Crippen molar-refractivity contribution in [3.63, 3.8) is 0 Å². The van der Waals surface area contributed by atoms with E-state index in [-0.39, 0.29) is 38.3 Å². The molecule has 0 aliphatic heterocycles. The van der Waals surface area contributed by atoms with Gasteiger partial charge in [-0.1, -0.05) is 34.8 Å². The summed E-state index contributed by atoms with van der Waals surface area (Å²) in [5, 5.41) is 10.6. The summed E-state index contributed by atoms with van der Waals surface area (Å²) in [6.07, 6.45) is 1.16. The van der Waals surface area contributed by atoms with Crippen LogP contribution in [0.3, 0.4) is 0 Å². The average molecular weight is 351 g/mol. The Morgan fingerprint density at radius 3 is 2.29 bits per heavy atom. The summed E-state index contributed by atoms with van der Waals surface area (Å²) in [6, 6.07) is 2.22. The zero-order valence-electron chi connectivity index (χ0n) is 10.3. The van der Waals surface area contributed by atoms with E-state index in [9.17, 15) is 10.1 Å². The van der Waals surface area contributed by atoms with Crippen LogP contribution in [0.15, 0.2) is 18.5 Å². The second kappa shape index (κ2) is 6.30. The van der Waals surface area contributed by atoms with Crippen LogP contribution in [-0.2, 0) is 0 Å². The molecule has 110 valence electrons. The van der Waals surface area contributed by atoms with Crippen molar-refractivity contribution in [3.8, 4) is 17.4 Å². The maximum atomic E-state index is 10.7. The van der Waals surface area contributed by atoms with E-state index in [0.717, 1.165) is 18.5 Å². The van der Waals surface area contributed by atoms with Gasteiger partial charge in [-0.2, -0.15) is 4.98 Å². The highest BCUT2D eigenvalue weighted by Crippen LogP contribution is 2.42. The molecular formula is C11H6Cl3N3O4. The first-order valence-electron chi connectivity index (χ1n) is 5.29. The van der Waals surface area contributed by atoms with E-state index in [2.05, 4.69) is 9.97 Å². The minimum atomic E-state index is -0.621. The molecule has 1 aromatic heterocycles.